The molecule has 18 heavy (non-hydrogen) atoms. The summed E-state index contributed by atoms with van der Waals surface area (Å²) in [5, 5.41) is 1.20. The lowest BCUT2D eigenvalue weighted by Gasteiger charge is -2.06. The van der Waals surface area contributed by atoms with Crippen LogP contribution in [0.2, 0.25) is 0 Å². The van der Waals surface area contributed by atoms with E-state index in [-0.39, 0.29) is 5.97 Å². The minimum absolute atomic E-state index is 0.168. The van der Waals surface area contributed by atoms with Gasteiger partial charge in [0.05, 0.1) is 13.0 Å². The number of carbonyl (C=O) groups excluding carboxylic acids is 1. The predicted octanol–water partition coefficient (Wildman–Crippen LogP) is 3.01. The molecule has 0 aliphatic carbocycles. The average Bonchev–Trinajstić information content (AvgIpc) is 2.63. The molecular weight excluding hydrogens is 246 g/mol. The molecule has 3 nitrogen and oxygen atoms in total. The molecule has 0 bridgehead atoms. The summed E-state index contributed by atoms with van der Waals surface area (Å²) >= 11 is 1.68. The molecule has 1 aromatic carbocycles. The fourth-order valence-corrected chi connectivity index (χ4v) is 3.02. The molecular formula is C14H17NO2S. The molecule has 0 amide bonds. The summed E-state index contributed by atoms with van der Waals surface area (Å²) in [6, 6.07) is 8.20. The van der Waals surface area contributed by atoms with Gasteiger partial charge in [-0.25, -0.2) is 0 Å². The zero-order valence-electron chi connectivity index (χ0n) is 10.9. The summed E-state index contributed by atoms with van der Waals surface area (Å²) in [4.78, 5) is 12.8. The van der Waals surface area contributed by atoms with Gasteiger partial charge in [-0.15, -0.1) is 11.8 Å². The zero-order chi connectivity index (χ0) is 13.1. The lowest BCUT2D eigenvalue weighted by Crippen LogP contribution is -2.10. The number of carbonyl (C=O) groups is 1. The van der Waals surface area contributed by atoms with Crippen LogP contribution in [0.3, 0.4) is 0 Å². The molecule has 2 rings (SSSR count). The quantitative estimate of drug-likeness (QED) is 0.627. The minimum atomic E-state index is -0.168. The third kappa shape index (κ3) is 2.25. The molecule has 4 heteroatoms. The Morgan fingerprint density at radius 1 is 1.39 bits per heavy atom. The van der Waals surface area contributed by atoms with Crippen molar-refractivity contribution in [1.29, 1.82) is 0 Å². The summed E-state index contributed by atoms with van der Waals surface area (Å²) in [6.45, 7) is 2.26. The topological polar surface area (TPSA) is 31.2 Å². The Labute approximate surface area is 111 Å². The molecule has 1 aromatic heterocycles. The second kappa shape index (κ2) is 5.48. The van der Waals surface area contributed by atoms with Crippen LogP contribution in [0.5, 0.6) is 0 Å². The maximum Gasteiger partial charge on any atom is 0.311 e. The first kappa shape index (κ1) is 13.0. The van der Waals surface area contributed by atoms with Crippen LogP contribution < -0.4 is 0 Å². The van der Waals surface area contributed by atoms with E-state index in [1.165, 1.54) is 10.3 Å². The standard InChI is InChI=1S/C14H17NO2S/c1-4-17-13(16)9-12-14(18-3)10-7-5-6-8-11(10)15(12)2/h5-8H,4,9H2,1-3H3. The van der Waals surface area contributed by atoms with Crippen molar-refractivity contribution in [3.63, 3.8) is 0 Å². The highest BCUT2D eigenvalue weighted by Crippen LogP contribution is 2.32. The van der Waals surface area contributed by atoms with E-state index in [2.05, 4.69) is 16.7 Å². The highest BCUT2D eigenvalue weighted by molar-refractivity contribution is 7.98. The number of esters is 1. The van der Waals surface area contributed by atoms with Gasteiger partial charge in [0.25, 0.3) is 0 Å². The third-order valence-electron chi connectivity index (χ3n) is 3.00. The Kier molecular flexibility index (Phi) is 3.97. The van der Waals surface area contributed by atoms with Crippen LogP contribution in [0.1, 0.15) is 12.6 Å². The summed E-state index contributed by atoms with van der Waals surface area (Å²) in [6.07, 6.45) is 2.37. The van der Waals surface area contributed by atoms with Crippen molar-refractivity contribution in [3.8, 4) is 0 Å². The van der Waals surface area contributed by atoms with E-state index in [0.29, 0.717) is 13.0 Å². The van der Waals surface area contributed by atoms with Crippen LogP contribution in [0.25, 0.3) is 10.9 Å². The van der Waals surface area contributed by atoms with Gasteiger partial charge in [0.15, 0.2) is 0 Å². The first-order valence-electron chi connectivity index (χ1n) is 5.95. The second-order valence-corrected chi connectivity index (χ2v) is 4.85. The molecule has 0 saturated carbocycles. The third-order valence-corrected chi connectivity index (χ3v) is 3.86. The summed E-state index contributed by atoms with van der Waals surface area (Å²) < 4.78 is 7.12. The second-order valence-electron chi connectivity index (χ2n) is 4.04. The number of para-hydroxylation sites is 1. The van der Waals surface area contributed by atoms with Crippen LogP contribution >= 0.6 is 11.8 Å². The van der Waals surface area contributed by atoms with E-state index in [1.807, 2.05) is 32.4 Å². The van der Waals surface area contributed by atoms with Crippen molar-refractivity contribution in [2.45, 2.75) is 18.2 Å². The Morgan fingerprint density at radius 3 is 2.78 bits per heavy atom. The predicted molar refractivity (Wildman–Crippen MR) is 75.0 cm³/mol. The van der Waals surface area contributed by atoms with E-state index in [0.717, 1.165) is 11.2 Å². The fourth-order valence-electron chi connectivity index (χ4n) is 2.19. The maximum atomic E-state index is 11.7. The van der Waals surface area contributed by atoms with Crippen molar-refractivity contribution < 1.29 is 9.53 Å². The first-order chi connectivity index (χ1) is 8.69. The molecule has 0 spiro atoms. The number of benzene rings is 1. The van der Waals surface area contributed by atoms with E-state index < -0.39 is 0 Å². The van der Waals surface area contributed by atoms with Gasteiger partial charge in [0, 0.05) is 28.5 Å². The van der Waals surface area contributed by atoms with Gasteiger partial charge in [-0.05, 0) is 19.2 Å². The lowest BCUT2D eigenvalue weighted by atomic mass is 10.2. The molecule has 96 valence electrons. The van der Waals surface area contributed by atoms with E-state index in [1.54, 1.807) is 11.8 Å². The summed E-state index contributed by atoms with van der Waals surface area (Å²) in [5.74, 6) is -0.168. The number of aromatic nitrogens is 1. The maximum absolute atomic E-state index is 11.7. The van der Waals surface area contributed by atoms with Crippen molar-refractivity contribution >= 4 is 28.6 Å². The number of thioether (sulfide) groups is 1. The van der Waals surface area contributed by atoms with Crippen molar-refractivity contribution in [1.82, 2.24) is 4.57 Å². The van der Waals surface area contributed by atoms with Crippen molar-refractivity contribution in [2.75, 3.05) is 12.9 Å². The highest BCUT2D eigenvalue weighted by Gasteiger charge is 2.17. The molecule has 0 aliphatic rings. The van der Waals surface area contributed by atoms with Gasteiger partial charge in [-0.3, -0.25) is 4.79 Å². The number of aryl methyl sites for hydroxylation is 1. The van der Waals surface area contributed by atoms with Gasteiger partial charge in [0.1, 0.15) is 0 Å². The smallest absolute Gasteiger partial charge is 0.311 e. The molecule has 0 atom stereocenters. The molecule has 0 aliphatic heterocycles. The van der Waals surface area contributed by atoms with Gasteiger partial charge >= 0.3 is 5.97 Å². The van der Waals surface area contributed by atoms with Crippen LogP contribution in [0, 0.1) is 0 Å². The van der Waals surface area contributed by atoms with Crippen molar-refractivity contribution in [3.05, 3.63) is 30.0 Å². The molecule has 0 unspecified atom stereocenters. The molecule has 0 radical (unpaired) electrons. The van der Waals surface area contributed by atoms with E-state index in [9.17, 15) is 4.79 Å². The molecule has 0 N–H and O–H groups in total. The van der Waals surface area contributed by atoms with Gasteiger partial charge < -0.3 is 9.30 Å². The number of rotatable bonds is 4. The monoisotopic (exact) mass is 263 g/mol. The Bertz CT molecular complexity index is 574. The number of nitrogens with zero attached hydrogens (tertiary/aromatic N) is 1. The largest absolute Gasteiger partial charge is 0.466 e. The Morgan fingerprint density at radius 2 is 2.11 bits per heavy atom. The average molecular weight is 263 g/mol. The minimum Gasteiger partial charge on any atom is -0.466 e. The molecule has 0 fully saturated rings. The van der Waals surface area contributed by atoms with E-state index >= 15 is 0 Å². The Hall–Kier alpha value is -1.42. The molecule has 1 heterocycles. The van der Waals surface area contributed by atoms with Gasteiger partial charge in [-0.1, -0.05) is 18.2 Å². The van der Waals surface area contributed by atoms with Crippen LogP contribution in [-0.2, 0) is 23.0 Å². The first-order valence-corrected chi connectivity index (χ1v) is 7.17. The zero-order valence-corrected chi connectivity index (χ0v) is 11.7. The normalized spacial score (nSPS) is 10.8. The number of fused-ring (bicyclic) bond motifs is 1. The van der Waals surface area contributed by atoms with E-state index in [4.69, 9.17) is 4.74 Å². The van der Waals surface area contributed by atoms with Crippen LogP contribution in [0.15, 0.2) is 29.2 Å². The molecule has 0 saturated heterocycles. The van der Waals surface area contributed by atoms with Gasteiger partial charge in [0.2, 0.25) is 0 Å². The summed E-state index contributed by atoms with van der Waals surface area (Å²) in [5.41, 5.74) is 2.18. The number of ether oxygens (including phenoxy) is 1. The van der Waals surface area contributed by atoms with Crippen molar-refractivity contribution in [2.24, 2.45) is 7.05 Å². The van der Waals surface area contributed by atoms with Crippen LogP contribution in [-0.4, -0.2) is 23.4 Å². The van der Waals surface area contributed by atoms with Crippen LogP contribution in [0.4, 0.5) is 0 Å². The number of hydrogen-bond donors (Lipinski definition) is 0. The van der Waals surface area contributed by atoms with Gasteiger partial charge in [-0.2, -0.15) is 0 Å². The highest BCUT2D eigenvalue weighted by atomic mass is 32.2. The lowest BCUT2D eigenvalue weighted by molar-refractivity contribution is -0.142. The fraction of sp³-hybridized carbons (Fsp3) is 0.357. The Balaban J connectivity index is 2.49. The summed E-state index contributed by atoms with van der Waals surface area (Å²) in [7, 11) is 2.00. The molecule has 2 aromatic rings. The number of hydrogen-bond acceptors (Lipinski definition) is 3. The SMILES string of the molecule is CCOC(=O)Cc1c(SC)c2ccccc2n1C.